The van der Waals surface area contributed by atoms with Gasteiger partial charge in [-0.15, -0.1) is 0 Å². The Hall–Kier alpha value is -0.740. The normalized spacial score (nSPS) is 25.7. The van der Waals surface area contributed by atoms with Gasteiger partial charge in [0.25, 0.3) is 0 Å². The van der Waals surface area contributed by atoms with E-state index in [-0.39, 0.29) is 11.9 Å². The molecule has 0 aliphatic carbocycles. The Bertz CT molecular complexity index is 394. The highest BCUT2D eigenvalue weighted by Crippen LogP contribution is 2.29. The zero-order valence-corrected chi connectivity index (χ0v) is 9.44. The number of benzene rings is 1. The summed E-state index contributed by atoms with van der Waals surface area (Å²) in [6.45, 7) is 0. The van der Waals surface area contributed by atoms with Crippen molar-refractivity contribution < 1.29 is 8.60 Å². The average molecular weight is 227 g/mol. The molecule has 2 unspecified atom stereocenters. The van der Waals surface area contributed by atoms with Gasteiger partial charge in [-0.05, 0) is 37.6 Å². The van der Waals surface area contributed by atoms with Gasteiger partial charge in [0.1, 0.15) is 5.82 Å². The fourth-order valence-electron chi connectivity index (χ4n) is 1.98. The lowest BCUT2D eigenvalue weighted by Gasteiger charge is -2.15. The van der Waals surface area contributed by atoms with Crippen LogP contribution in [0.1, 0.15) is 24.4 Å². The van der Waals surface area contributed by atoms with Gasteiger partial charge in [-0.2, -0.15) is 0 Å². The van der Waals surface area contributed by atoms with E-state index in [0.717, 1.165) is 18.4 Å². The summed E-state index contributed by atoms with van der Waals surface area (Å²) in [5, 5.41) is 3.18. The molecule has 1 N–H and O–H groups in total. The van der Waals surface area contributed by atoms with Crippen LogP contribution in [-0.4, -0.2) is 17.0 Å². The van der Waals surface area contributed by atoms with Gasteiger partial charge in [-0.1, -0.05) is 6.07 Å². The van der Waals surface area contributed by atoms with Gasteiger partial charge in [0.15, 0.2) is 0 Å². The second-order valence-electron chi connectivity index (χ2n) is 3.72. The third-order valence-corrected chi connectivity index (χ3v) is 4.27. The Morgan fingerprint density at radius 2 is 2.33 bits per heavy atom. The maximum Gasteiger partial charge on any atom is 0.124 e. The van der Waals surface area contributed by atoms with Crippen molar-refractivity contribution in [1.82, 2.24) is 5.32 Å². The molecule has 2 nitrogen and oxygen atoms in total. The summed E-state index contributed by atoms with van der Waals surface area (Å²) in [7, 11) is 0.836. The molecule has 0 saturated heterocycles. The zero-order valence-electron chi connectivity index (χ0n) is 8.63. The molecule has 0 aromatic heterocycles. The summed E-state index contributed by atoms with van der Waals surface area (Å²) < 4.78 is 24.9. The standard InChI is InChI=1S/C11H14FNOS/c1-13-10-3-2-6-15(14)11-7-8(12)4-5-9(10)11/h4-5,7,10,13H,2-3,6H2,1H3. The van der Waals surface area contributed by atoms with Crippen molar-refractivity contribution in [2.24, 2.45) is 0 Å². The second-order valence-corrected chi connectivity index (χ2v) is 5.25. The van der Waals surface area contributed by atoms with Gasteiger partial charge < -0.3 is 5.32 Å². The zero-order chi connectivity index (χ0) is 10.8. The molecule has 15 heavy (non-hydrogen) atoms. The maximum atomic E-state index is 13.1. The van der Waals surface area contributed by atoms with Gasteiger partial charge in [0.2, 0.25) is 0 Å². The van der Waals surface area contributed by atoms with Crippen molar-refractivity contribution in [3.63, 3.8) is 0 Å². The Labute approximate surface area is 91.3 Å². The fraction of sp³-hybridized carbons (Fsp3) is 0.455. The minimum absolute atomic E-state index is 0.201. The van der Waals surface area contributed by atoms with E-state index in [1.54, 1.807) is 6.07 Å². The van der Waals surface area contributed by atoms with E-state index in [1.165, 1.54) is 12.1 Å². The Morgan fingerprint density at radius 1 is 1.53 bits per heavy atom. The molecule has 82 valence electrons. The number of fused-ring (bicyclic) bond motifs is 1. The smallest absolute Gasteiger partial charge is 0.124 e. The van der Waals surface area contributed by atoms with Crippen molar-refractivity contribution >= 4 is 10.8 Å². The molecular weight excluding hydrogens is 213 g/mol. The lowest BCUT2D eigenvalue weighted by Crippen LogP contribution is -2.16. The predicted octanol–water partition coefficient (Wildman–Crippen LogP) is 1.99. The molecule has 0 spiro atoms. The SMILES string of the molecule is CNC1CCCS(=O)c2cc(F)ccc21. The fourth-order valence-corrected chi connectivity index (χ4v) is 3.34. The Kier molecular flexibility index (Phi) is 3.17. The monoisotopic (exact) mass is 227 g/mol. The van der Waals surface area contributed by atoms with Crippen LogP contribution in [-0.2, 0) is 10.8 Å². The molecular formula is C11H14FNOS. The summed E-state index contributed by atoms with van der Waals surface area (Å²) in [6.07, 6.45) is 1.87. The van der Waals surface area contributed by atoms with E-state index in [1.807, 2.05) is 7.05 Å². The molecule has 0 bridgehead atoms. The highest BCUT2D eigenvalue weighted by Gasteiger charge is 2.21. The number of halogens is 1. The van der Waals surface area contributed by atoms with E-state index in [2.05, 4.69) is 5.32 Å². The molecule has 0 fully saturated rings. The van der Waals surface area contributed by atoms with Gasteiger partial charge in [-0.3, -0.25) is 4.21 Å². The summed E-state index contributed by atoms with van der Waals surface area (Å²) >= 11 is 0. The molecule has 0 saturated carbocycles. The van der Waals surface area contributed by atoms with E-state index in [4.69, 9.17) is 0 Å². The molecule has 1 aromatic rings. The first-order valence-electron chi connectivity index (χ1n) is 5.07. The highest BCUT2D eigenvalue weighted by molar-refractivity contribution is 7.85. The Morgan fingerprint density at radius 3 is 3.07 bits per heavy atom. The molecule has 4 heteroatoms. The molecule has 2 rings (SSSR count). The molecule has 0 amide bonds. The maximum absolute atomic E-state index is 13.1. The highest BCUT2D eigenvalue weighted by atomic mass is 32.2. The van der Waals surface area contributed by atoms with E-state index in [0.29, 0.717) is 10.6 Å². The molecule has 1 aliphatic heterocycles. The number of rotatable bonds is 1. The van der Waals surface area contributed by atoms with Gasteiger partial charge in [0.05, 0.1) is 10.8 Å². The summed E-state index contributed by atoms with van der Waals surface area (Å²) in [4.78, 5) is 0.659. The number of hydrogen-bond acceptors (Lipinski definition) is 2. The van der Waals surface area contributed by atoms with Crippen molar-refractivity contribution in [2.45, 2.75) is 23.8 Å². The van der Waals surface area contributed by atoms with Crippen molar-refractivity contribution in [1.29, 1.82) is 0 Å². The Balaban J connectivity index is 2.51. The summed E-state index contributed by atoms with van der Waals surface area (Å²) in [5.74, 6) is 0.327. The number of hydrogen-bond donors (Lipinski definition) is 1. The van der Waals surface area contributed by atoms with Crippen LogP contribution in [0.3, 0.4) is 0 Å². The molecule has 0 radical (unpaired) electrons. The lowest BCUT2D eigenvalue weighted by molar-refractivity contribution is 0.538. The molecule has 1 aliphatic rings. The van der Waals surface area contributed by atoms with Crippen molar-refractivity contribution in [3.8, 4) is 0 Å². The van der Waals surface area contributed by atoms with Gasteiger partial charge >= 0.3 is 0 Å². The van der Waals surface area contributed by atoms with Crippen LogP contribution in [0.15, 0.2) is 23.1 Å². The quantitative estimate of drug-likeness (QED) is 0.795. The minimum atomic E-state index is -1.05. The van der Waals surface area contributed by atoms with Crippen LogP contribution < -0.4 is 5.32 Å². The van der Waals surface area contributed by atoms with Crippen LogP contribution in [0.2, 0.25) is 0 Å². The van der Waals surface area contributed by atoms with Crippen LogP contribution in [0, 0.1) is 5.82 Å². The predicted molar refractivity (Wildman–Crippen MR) is 58.7 cm³/mol. The first kappa shape index (κ1) is 10.8. The third-order valence-electron chi connectivity index (χ3n) is 2.77. The van der Waals surface area contributed by atoms with Crippen LogP contribution in [0.25, 0.3) is 0 Å². The van der Waals surface area contributed by atoms with Crippen LogP contribution >= 0.6 is 0 Å². The van der Waals surface area contributed by atoms with Gasteiger partial charge in [-0.25, -0.2) is 4.39 Å². The molecule has 2 atom stereocenters. The van der Waals surface area contributed by atoms with E-state index < -0.39 is 10.8 Å². The van der Waals surface area contributed by atoms with E-state index in [9.17, 15) is 8.60 Å². The second kappa shape index (κ2) is 4.41. The largest absolute Gasteiger partial charge is 0.313 e. The van der Waals surface area contributed by atoms with Crippen LogP contribution in [0.4, 0.5) is 4.39 Å². The average Bonchev–Trinajstić information content (AvgIpc) is 2.38. The summed E-state index contributed by atoms with van der Waals surface area (Å²) in [6, 6.07) is 4.79. The minimum Gasteiger partial charge on any atom is -0.313 e. The van der Waals surface area contributed by atoms with Crippen molar-refractivity contribution in [3.05, 3.63) is 29.6 Å². The summed E-state index contributed by atoms with van der Waals surface area (Å²) in [5.41, 5.74) is 0.981. The van der Waals surface area contributed by atoms with Gasteiger partial charge in [0, 0.05) is 16.7 Å². The number of nitrogens with one attached hydrogen (secondary N) is 1. The van der Waals surface area contributed by atoms with E-state index >= 15 is 0 Å². The first-order valence-corrected chi connectivity index (χ1v) is 6.39. The van der Waals surface area contributed by atoms with Crippen LogP contribution in [0.5, 0.6) is 0 Å². The first-order chi connectivity index (χ1) is 7.22. The van der Waals surface area contributed by atoms with Crippen molar-refractivity contribution in [2.75, 3.05) is 12.8 Å². The molecule has 1 heterocycles. The topological polar surface area (TPSA) is 29.1 Å². The third kappa shape index (κ3) is 2.11. The lowest BCUT2D eigenvalue weighted by atomic mass is 10.0. The molecule has 1 aromatic carbocycles.